The third kappa shape index (κ3) is 6.02. The molecule has 6 nitrogen and oxygen atoms in total. The van der Waals surface area contributed by atoms with E-state index in [0.717, 1.165) is 25.7 Å². The van der Waals surface area contributed by atoms with Gasteiger partial charge in [0, 0.05) is 32.5 Å². The van der Waals surface area contributed by atoms with Gasteiger partial charge >= 0.3 is 6.09 Å². The summed E-state index contributed by atoms with van der Waals surface area (Å²) >= 11 is 0. The Morgan fingerprint density at radius 1 is 1.09 bits per heavy atom. The van der Waals surface area contributed by atoms with Crippen molar-refractivity contribution < 1.29 is 19.4 Å². The summed E-state index contributed by atoms with van der Waals surface area (Å²) in [5.41, 5.74) is 5.32. The Kier molecular flexibility index (Phi) is 7.66. The second kappa shape index (κ2) is 9.76. The van der Waals surface area contributed by atoms with E-state index in [9.17, 15) is 9.90 Å². The van der Waals surface area contributed by atoms with Crippen LogP contribution in [-0.2, 0) is 9.47 Å². The van der Waals surface area contributed by atoms with Crippen molar-refractivity contribution in [2.45, 2.75) is 25.7 Å². The Bertz CT molecular complexity index is 414. The van der Waals surface area contributed by atoms with Gasteiger partial charge in [-0.25, -0.2) is 4.79 Å². The molecule has 0 unspecified atom stereocenters. The second-order valence-electron chi connectivity index (χ2n) is 6.16. The van der Waals surface area contributed by atoms with Crippen molar-refractivity contribution in [2.24, 2.45) is 23.5 Å². The number of carboxylic acid groups (broad SMARTS) is 1. The molecule has 0 bridgehead atoms. The van der Waals surface area contributed by atoms with Crippen molar-refractivity contribution in [3.8, 4) is 11.8 Å². The Morgan fingerprint density at radius 2 is 1.70 bits per heavy atom. The van der Waals surface area contributed by atoms with Gasteiger partial charge in [-0.3, -0.25) is 0 Å². The lowest BCUT2D eigenvalue weighted by Gasteiger charge is -2.19. The van der Waals surface area contributed by atoms with Crippen molar-refractivity contribution in [3.63, 3.8) is 0 Å². The summed E-state index contributed by atoms with van der Waals surface area (Å²) in [5.74, 6) is 8.20. The van der Waals surface area contributed by atoms with E-state index in [2.05, 4.69) is 11.8 Å². The van der Waals surface area contributed by atoms with Crippen LogP contribution in [0.5, 0.6) is 0 Å². The lowest BCUT2D eigenvalue weighted by Crippen LogP contribution is -2.35. The highest BCUT2D eigenvalue weighted by Gasteiger charge is 2.49. The Morgan fingerprint density at radius 3 is 2.26 bits per heavy atom. The van der Waals surface area contributed by atoms with Gasteiger partial charge in [-0.2, -0.15) is 0 Å². The molecule has 0 spiro atoms. The number of ether oxygens (including phenoxy) is 2. The fourth-order valence-corrected chi connectivity index (χ4v) is 3.41. The average molecular weight is 324 g/mol. The normalized spacial score (nSPS) is 25.5. The topological polar surface area (TPSA) is 85.0 Å². The highest BCUT2D eigenvalue weighted by Crippen LogP contribution is 2.52. The summed E-state index contributed by atoms with van der Waals surface area (Å²) in [5, 5.41) is 9.37. The summed E-state index contributed by atoms with van der Waals surface area (Å²) < 4.78 is 10.6. The lowest BCUT2D eigenvalue weighted by atomic mass is 10.1. The molecule has 0 aromatic carbocycles. The molecule has 1 fully saturated rings. The van der Waals surface area contributed by atoms with E-state index >= 15 is 0 Å². The Balaban J connectivity index is 1.64. The molecule has 2 aliphatic rings. The monoisotopic (exact) mass is 324 g/mol. The van der Waals surface area contributed by atoms with E-state index in [4.69, 9.17) is 15.2 Å². The molecule has 6 heteroatoms. The van der Waals surface area contributed by atoms with Crippen LogP contribution >= 0.6 is 0 Å². The van der Waals surface area contributed by atoms with Crippen LogP contribution in [0.1, 0.15) is 25.7 Å². The van der Waals surface area contributed by atoms with Crippen LogP contribution in [0.25, 0.3) is 0 Å². The van der Waals surface area contributed by atoms with Crippen LogP contribution in [0.4, 0.5) is 4.79 Å². The van der Waals surface area contributed by atoms with Gasteiger partial charge in [-0.1, -0.05) is 0 Å². The van der Waals surface area contributed by atoms with Gasteiger partial charge in [-0.15, -0.1) is 11.8 Å². The molecule has 3 atom stereocenters. The SMILES string of the molecule is NCCOCCOCCN(C[C@H]1[C@@H]2CCC#CCC[C@@H]21)C(=O)O. The van der Waals surface area contributed by atoms with Crippen molar-refractivity contribution >= 4 is 6.09 Å². The minimum atomic E-state index is -0.858. The Hall–Kier alpha value is -1.29. The first-order valence-electron chi connectivity index (χ1n) is 8.53. The van der Waals surface area contributed by atoms with Crippen LogP contribution in [-0.4, -0.2) is 62.2 Å². The second-order valence-corrected chi connectivity index (χ2v) is 6.16. The van der Waals surface area contributed by atoms with Crippen molar-refractivity contribution in [2.75, 3.05) is 46.1 Å². The minimum Gasteiger partial charge on any atom is -0.465 e. The van der Waals surface area contributed by atoms with Gasteiger partial charge < -0.3 is 25.2 Å². The molecular formula is C17H28N2O4. The molecule has 2 rings (SSSR count). The van der Waals surface area contributed by atoms with Crippen LogP contribution in [0.3, 0.4) is 0 Å². The summed E-state index contributed by atoms with van der Waals surface area (Å²) in [6, 6.07) is 0. The standard InChI is InChI=1S/C17H28N2O4/c18-7-9-22-11-12-23-10-8-19(17(20)21)13-16-14-5-3-1-2-4-6-15(14)16/h14-16H,3-13,18H2,(H,20,21)/t14-,15+,16+. The predicted molar refractivity (Wildman–Crippen MR) is 87.0 cm³/mol. The van der Waals surface area contributed by atoms with E-state index in [-0.39, 0.29) is 0 Å². The fraction of sp³-hybridized carbons (Fsp3) is 0.824. The summed E-state index contributed by atoms with van der Waals surface area (Å²) in [6.07, 6.45) is 3.28. The highest BCUT2D eigenvalue weighted by atomic mass is 16.5. The molecule has 130 valence electrons. The molecule has 3 N–H and O–H groups in total. The number of nitrogens with zero attached hydrogens (tertiary/aromatic N) is 1. The number of carbonyl (C=O) groups is 1. The van der Waals surface area contributed by atoms with E-state index in [0.29, 0.717) is 63.8 Å². The largest absolute Gasteiger partial charge is 0.465 e. The number of hydrogen-bond acceptors (Lipinski definition) is 4. The predicted octanol–water partition coefficient (Wildman–Crippen LogP) is 1.40. The quantitative estimate of drug-likeness (QED) is 0.469. The smallest absolute Gasteiger partial charge is 0.407 e. The molecule has 0 aromatic heterocycles. The van der Waals surface area contributed by atoms with E-state index in [1.807, 2.05) is 0 Å². The highest BCUT2D eigenvalue weighted by molar-refractivity contribution is 5.65. The minimum absolute atomic E-state index is 0.406. The van der Waals surface area contributed by atoms with Crippen molar-refractivity contribution in [1.29, 1.82) is 0 Å². The van der Waals surface area contributed by atoms with Crippen molar-refractivity contribution in [1.82, 2.24) is 4.90 Å². The Labute approximate surface area is 138 Å². The van der Waals surface area contributed by atoms with Crippen molar-refractivity contribution in [3.05, 3.63) is 0 Å². The van der Waals surface area contributed by atoms with Crippen LogP contribution in [0.2, 0.25) is 0 Å². The maximum Gasteiger partial charge on any atom is 0.407 e. The third-order valence-corrected chi connectivity index (χ3v) is 4.68. The number of nitrogens with two attached hydrogens (primary N) is 1. The number of fused-ring (bicyclic) bond motifs is 1. The maximum absolute atomic E-state index is 11.4. The molecule has 0 heterocycles. The zero-order valence-electron chi connectivity index (χ0n) is 13.7. The third-order valence-electron chi connectivity index (χ3n) is 4.68. The number of hydrogen-bond donors (Lipinski definition) is 2. The average Bonchev–Trinajstić information content (AvgIpc) is 3.14. The summed E-state index contributed by atoms with van der Waals surface area (Å²) in [7, 11) is 0. The van der Waals surface area contributed by atoms with Crippen LogP contribution < -0.4 is 5.73 Å². The first-order chi connectivity index (χ1) is 11.2. The molecule has 0 radical (unpaired) electrons. The van der Waals surface area contributed by atoms with Gasteiger partial charge in [0.25, 0.3) is 0 Å². The van der Waals surface area contributed by atoms with Gasteiger partial charge in [0.1, 0.15) is 0 Å². The molecule has 23 heavy (non-hydrogen) atoms. The number of amides is 1. The molecule has 0 saturated heterocycles. The molecule has 2 aliphatic carbocycles. The van der Waals surface area contributed by atoms with E-state index in [1.165, 1.54) is 4.90 Å². The molecule has 1 amide bonds. The molecular weight excluding hydrogens is 296 g/mol. The van der Waals surface area contributed by atoms with Crippen LogP contribution in [0.15, 0.2) is 0 Å². The van der Waals surface area contributed by atoms with Gasteiger partial charge in [0.15, 0.2) is 0 Å². The zero-order chi connectivity index (χ0) is 16.5. The van der Waals surface area contributed by atoms with E-state index in [1.54, 1.807) is 0 Å². The van der Waals surface area contributed by atoms with Gasteiger partial charge in [0.05, 0.1) is 26.4 Å². The van der Waals surface area contributed by atoms with Crippen LogP contribution in [0, 0.1) is 29.6 Å². The molecule has 0 aliphatic heterocycles. The summed E-state index contributed by atoms with van der Waals surface area (Å²) in [4.78, 5) is 12.9. The maximum atomic E-state index is 11.4. The zero-order valence-corrected chi connectivity index (χ0v) is 13.7. The van der Waals surface area contributed by atoms with E-state index < -0.39 is 6.09 Å². The molecule has 0 aromatic rings. The first kappa shape index (κ1) is 18.1. The first-order valence-corrected chi connectivity index (χ1v) is 8.53. The lowest BCUT2D eigenvalue weighted by molar-refractivity contribution is 0.0405. The summed E-state index contributed by atoms with van der Waals surface area (Å²) in [6.45, 7) is 3.44. The van der Waals surface area contributed by atoms with Gasteiger partial charge in [0.2, 0.25) is 0 Å². The number of rotatable bonds is 10. The van der Waals surface area contributed by atoms with Gasteiger partial charge in [-0.05, 0) is 30.6 Å². The molecule has 1 saturated carbocycles. The fourth-order valence-electron chi connectivity index (χ4n) is 3.41.